The summed E-state index contributed by atoms with van der Waals surface area (Å²) in [5, 5.41) is 4.23. The Morgan fingerprint density at radius 2 is 1.62 bits per heavy atom. The number of aromatic nitrogens is 1. The van der Waals surface area contributed by atoms with Crippen molar-refractivity contribution in [2.45, 2.75) is 29.2 Å². The highest BCUT2D eigenvalue weighted by atomic mass is 35.5. The van der Waals surface area contributed by atoms with E-state index in [9.17, 15) is 19.2 Å². The van der Waals surface area contributed by atoms with Gasteiger partial charge in [0.05, 0.1) is 29.7 Å². The summed E-state index contributed by atoms with van der Waals surface area (Å²) in [6.45, 7) is -0.110. The molecule has 1 N–H and O–H groups in total. The fourth-order valence-electron chi connectivity index (χ4n) is 8.15. The molecule has 3 fully saturated rings. The molecule has 11 heteroatoms. The Morgan fingerprint density at radius 1 is 0.933 bits per heavy atom. The number of halogens is 1. The van der Waals surface area contributed by atoms with Crippen molar-refractivity contribution in [2.75, 3.05) is 17.3 Å². The average Bonchev–Trinajstić information content (AvgIpc) is 3.77. The van der Waals surface area contributed by atoms with Crippen LogP contribution < -0.4 is 19.8 Å². The van der Waals surface area contributed by atoms with Gasteiger partial charge >= 0.3 is 4.87 Å². The minimum atomic E-state index is -0.412. The summed E-state index contributed by atoms with van der Waals surface area (Å²) in [4.78, 5) is 56.7. The van der Waals surface area contributed by atoms with Crippen molar-refractivity contribution < 1.29 is 19.1 Å². The maximum atomic E-state index is 14.0. The van der Waals surface area contributed by atoms with Gasteiger partial charge in [-0.1, -0.05) is 53.3 Å². The van der Waals surface area contributed by atoms with E-state index in [2.05, 4.69) is 5.32 Å². The van der Waals surface area contributed by atoms with Crippen LogP contribution in [0.15, 0.2) is 88.7 Å². The summed E-state index contributed by atoms with van der Waals surface area (Å²) in [6, 6.07) is 23.9. The first-order chi connectivity index (χ1) is 21.8. The van der Waals surface area contributed by atoms with Gasteiger partial charge in [-0.05, 0) is 78.3 Å². The van der Waals surface area contributed by atoms with E-state index in [4.69, 9.17) is 16.3 Å². The van der Waals surface area contributed by atoms with Crippen molar-refractivity contribution in [3.63, 3.8) is 0 Å². The number of para-hydroxylation sites is 1. The summed E-state index contributed by atoms with van der Waals surface area (Å²) >= 11 is 8.89. The molecule has 45 heavy (non-hydrogen) atoms. The molecule has 2 aliphatic carbocycles. The van der Waals surface area contributed by atoms with Gasteiger partial charge in [-0.3, -0.25) is 28.6 Å². The highest BCUT2D eigenvalue weighted by Gasteiger charge is 2.69. The fourth-order valence-corrected chi connectivity index (χ4v) is 11.4. The number of anilines is 2. The lowest BCUT2D eigenvalue weighted by atomic mass is 9.68. The lowest BCUT2D eigenvalue weighted by Gasteiger charge is -2.43. The molecule has 2 bridgehead atoms. The van der Waals surface area contributed by atoms with Crippen LogP contribution in [-0.2, 0) is 20.9 Å². The molecule has 7 unspecified atom stereocenters. The minimum Gasteiger partial charge on any atom is -0.497 e. The van der Waals surface area contributed by atoms with Crippen LogP contribution >= 0.6 is 34.7 Å². The quantitative estimate of drug-likeness (QED) is 0.260. The normalized spacial score (nSPS) is 27.7. The van der Waals surface area contributed by atoms with Crippen LogP contribution in [0.1, 0.15) is 22.8 Å². The third-order valence-corrected chi connectivity index (χ3v) is 12.9. The summed E-state index contributed by atoms with van der Waals surface area (Å²) in [5.41, 5.74) is 2.24. The Morgan fingerprint density at radius 3 is 2.31 bits per heavy atom. The van der Waals surface area contributed by atoms with Gasteiger partial charge in [-0.15, -0.1) is 11.8 Å². The number of fused-ring (bicyclic) bond motifs is 9. The number of carbonyl (C=O) groups is 3. The Balaban J connectivity index is 1.18. The molecule has 8 nitrogen and oxygen atoms in total. The second-order valence-electron chi connectivity index (χ2n) is 12.1. The number of carbonyl (C=O) groups excluding carboxylic acids is 3. The van der Waals surface area contributed by atoms with Crippen molar-refractivity contribution in [2.24, 2.45) is 29.6 Å². The molecular weight excluding hydrogens is 630 g/mol. The zero-order chi connectivity index (χ0) is 31.0. The minimum absolute atomic E-state index is 0.00945. The van der Waals surface area contributed by atoms with E-state index in [-0.39, 0.29) is 58.1 Å². The smallest absolute Gasteiger partial charge is 0.308 e. The highest BCUT2D eigenvalue weighted by Crippen LogP contribution is 2.69. The molecule has 3 amide bonds. The zero-order valence-electron chi connectivity index (χ0n) is 24.1. The first kappa shape index (κ1) is 28.6. The van der Waals surface area contributed by atoms with Crippen LogP contribution in [-0.4, -0.2) is 34.6 Å². The number of methoxy groups -OCH3 is 1. The number of rotatable bonds is 6. The van der Waals surface area contributed by atoms with E-state index >= 15 is 0 Å². The molecule has 4 aliphatic rings. The maximum Gasteiger partial charge on any atom is 0.308 e. The van der Waals surface area contributed by atoms with E-state index in [0.717, 1.165) is 27.6 Å². The van der Waals surface area contributed by atoms with E-state index in [1.165, 1.54) is 16.2 Å². The van der Waals surface area contributed by atoms with E-state index < -0.39 is 11.8 Å². The van der Waals surface area contributed by atoms with Gasteiger partial charge in [-0.2, -0.15) is 0 Å². The third-order valence-electron chi connectivity index (χ3n) is 9.87. The van der Waals surface area contributed by atoms with Gasteiger partial charge in [0.25, 0.3) is 0 Å². The molecule has 1 aromatic heterocycles. The lowest BCUT2D eigenvalue weighted by molar-refractivity contribution is -0.123. The summed E-state index contributed by atoms with van der Waals surface area (Å²) < 4.78 is 7.01. The first-order valence-electron chi connectivity index (χ1n) is 14.9. The zero-order valence-corrected chi connectivity index (χ0v) is 26.5. The van der Waals surface area contributed by atoms with E-state index in [1.54, 1.807) is 47.7 Å². The number of imide groups is 1. The Bertz CT molecular complexity index is 1890. The molecule has 1 saturated heterocycles. The molecule has 7 atom stereocenters. The molecule has 3 aromatic carbocycles. The first-order valence-corrected chi connectivity index (χ1v) is 16.9. The number of hydrogen-bond acceptors (Lipinski definition) is 7. The Kier molecular flexibility index (Phi) is 6.92. The summed E-state index contributed by atoms with van der Waals surface area (Å²) in [6.07, 6.45) is 0.782. The maximum absolute atomic E-state index is 14.0. The topological polar surface area (TPSA) is 97.7 Å². The number of thiazole rings is 1. The number of nitrogens with zero attached hydrogens (tertiary/aromatic N) is 2. The third kappa shape index (κ3) is 4.48. The molecule has 0 spiro atoms. The number of benzene rings is 3. The SMILES string of the molecule is COc1ccc(C2c3sc(=O)n(CC(=O)Nc4ccccc4)c3SC3C4CC(C5C(=O)N(c6ccc(Cl)cc6)C(=O)C45)C23)cc1. The van der Waals surface area contributed by atoms with Crippen LogP contribution in [0.4, 0.5) is 11.4 Å². The number of amides is 3. The van der Waals surface area contributed by atoms with Crippen molar-refractivity contribution in [1.82, 2.24) is 4.57 Å². The molecule has 2 saturated carbocycles. The van der Waals surface area contributed by atoms with Gasteiger partial charge in [0.2, 0.25) is 17.7 Å². The molecule has 4 aromatic rings. The lowest BCUT2D eigenvalue weighted by Crippen LogP contribution is -2.43. The van der Waals surface area contributed by atoms with Gasteiger partial charge in [0.15, 0.2) is 0 Å². The largest absolute Gasteiger partial charge is 0.497 e. The van der Waals surface area contributed by atoms with Crippen LogP contribution in [0.2, 0.25) is 5.02 Å². The van der Waals surface area contributed by atoms with Crippen molar-refractivity contribution >= 4 is 63.8 Å². The standard InChI is InChI=1S/C34H28ClN3O5S2/c1-43-21-13-7-17(8-14-21)25-26-22-15-23(28-27(22)31(40)38(32(28)41)20-11-9-18(35)10-12-20)29(26)44-33-30(25)45-34(42)37(33)16-24(39)36-19-5-3-2-4-6-19/h2-14,22-23,25-29H,15-16H2,1H3,(H,36,39). The number of ether oxygens (including phenoxy) is 1. The number of nitrogens with one attached hydrogen (secondary N) is 1. The van der Waals surface area contributed by atoms with Gasteiger partial charge < -0.3 is 10.1 Å². The van der Waals surface area contributed by atoms with Crippen molar-refractivity contribution in [3.8, 4) is 5.75 Å². The summed E-state index contributed by atoms with van der Waals surface area (Å²) in [7, 11) is 1.62. The second kappa shape index (κ2) is 10.9. The van der Waals surface area contributed by atoms with Crippen LogP contribution in [0, 0.1) is 29.6 Å². The van der Waals surface area contributed by atoms with Crippen LogP contribution in [0.3, 0.4) is 0 Å². The number of hydrogen-bond donors (Lipinski definition) is 1. The molecule has 0 radical (unpaired) electrons. The monoisotopic (exact) mass is 657 g/mol. The predicted molar refractivity (Wildman–Crippen MR) is 174 cm³/mol. The average molecular weight is 658 g/mol. The predicted octanol–water partition coefficient (Wildman–Crippen LogP) is 5.89. The molecular formula is C34H28ClN3O5S2. The molecule has 228 valence electrons. The van der Waals surface area contributed by atoms with Crippen molar-refractivity contribution in [1.29, 1.82) is 0 Å². The second-order valence-corrected chi connectivity index (χ2v) is 14.6. The molecule has 8 rings (SSSR count). The van der Waals surface area contributed by atoms with Gasteiger partial charge in [-0.25, -0.2) is 0 Å². The molecule has 2 aliphatic heterocycles. The fraction of sp³-hybridized carbons (Fsp3) is 0.294. The van der Waals surface area contributed by atoms with Crippen molar-refractivity contribution in [3.05, 3.63) is 104 Å². The summed E-state index contributed by atoms with van der Waals surface area (Å²) in [5.74, 6) is -0.823. The van der Waals surface area contributed by atoms with Gasteiger partial charge in [0.1, 0.15) is 12.3 Å². The van der Waals surface area contributed by atoms with Crippen LogP contribution in [0.5, 0.6) is 5.75 Å². The van der Waals surface area contributed by atoms with E-state index in [1.807, 2.05) is 54.6 Å². The van der Waals surface area contributed by atoms with E-state index in [0.29, 0.717) is 16.4 Å². The number of thioether (sulfide) groups is 1. The van der Waals surface area contributed by atoms with Crippen LogP contribution in [0.25, 0.3) is 0 Å². The molecule has 3 heterocycles. The highest BCUT2D eigenvalue weighted by molar-refractivity contribution is 8.00. The Labute approximate surface area is 272 Å². The van der Waals surface area contributed by atoms with Gasteiger partial charge in [0, 0.05) is 26.8 Å². The Hall–Kier alpha value is -3.86.